The van der Waals surface area contributed by atoms with E-state index in [0.717, 1.165) is 4.57 Å². The number of aromatic nitrogens is 4. The fraction of sp³-hybridized carbons (Fsp3) is 0.632. The van der Waals surface area contributed by atoms with E-state index in [4.69, 9.17) is 5.73 Å². The molecule has 0 unspecified atom stereocenters. The molecule has 168 valence electrons. The van der Waals surface area contributed by atoms with Crippen LogP contribution in [0.5, 0.6) is 0 Å². The number of likely N-dealkylation sites (tertiary alicyclic amines) is 1. The van der Waals surface area contributed by atoms with Crippen LogP contribution in [0.1, 0.15) is 12.8 Å². The van der Waals surface area contributed by atoms with Crippen LogP contribution in [0.25, 0.3) is 11.2 Å². The van der Waals surface area contributed by atoms with Gasteiger partial charge >= 0.3 is 5.69 Å². The van der Waals surface area contributed by atoms with Crippen LogP contribution >= 0.6 is 0 Å². The maximum absolute atomic E-state index is 12.7. The Hall–Kier alpha value is -3.15. The second kappa shape index (κ2) is 8.17. The summed E-state index contributed by atoms with van der Waals surface area (Å²) in [6.07, 6.45) is 1.40. The summed E-state index contributed by atoms with van der Waals surface area (Å²) >= 11 is 0. The third kappa shape index (κ3) is 3.94. The van der Waals surface area contributed by atoms with E-state index in [1.54, 1.807) is 7.05 Å². The van der Waals surface area contributed by atoms with Gasteiger partial charge in [-0.25, -0.2) is 4.79 Å². The summed E-state index contributed by atoms with van der Waals surface area (Å²) in [4.78, 5) is 61.8. The molecule has 12 nitrogen and oxygen atoms in total. The molecular weight excluding hydrogens is 404 g/mol. The Bertz CT molecular complexity index is 1120. The quantitative estimate of drug-likeness (QED) is 0.558. The second-order valence-electron chi connectivity index (χ2n) is 8.29. The molecule has 2 amide bonds. The number of nitrogens with one attached hydrogen (secondary N) is 1. The smallest absolute Gasteiger partial charge is 0.332 e. The molecule has 0 bridgehead atoms. The number of amides is 2. The number of hydrogen-bond acceptors (Lipinski definition) is 7. The van der Waals surface area contributed by atoms with Gasteiger partial charge in [-0.2, -0.15) is 4.98 Å². The van der Waals surface area contributed by atoms with Gasteiger partial charge in [-0.1, -0.05) is 0 Å². The lowest BCUT2D eigenvalue weighted by Crippen LogP contribution is -2.52. The molecular formula is C19H28N8O4. The van der Waals surface area contributed by atoms with E-state index in [1.165, 1.54) is 11.6 Å². The average molecular weight is 432 g/mol. The van der Waals surface area contributed by atoms with Crippen LogP contribution < -0.4 is 21.9 Å². The number of nitrogens with zero attached hydrogens (tertiary/aromatic N) is 6. The molecule has 2 aromatic rings. The zero-order valence-corrected chi connectivity index (χ0v) is 17.8. The zero-order valence-electron chi connectivity index (χ0n) is 17.8. The molecule has 2 saturated heterocycles. The lowest BCUT2D eigenvalue weighted by molar-refractivity contribution is -0.133. The van der Waals surface area contributed by atoms with Crippen molar-refractivity contribution in [2.75, 3.05) is 50.7 Å². The first kappa shape index (κ1) is 21.1. The number of hydrogen-bond donors (Lipinski definition) is 2. The third-order valence-electron chi connectivity index (χ3n) is 6.36. The van der Waals surface area contributed by atoms with Gasteiger partial charge in [0.25, 0.3) is 5.56 Å². The number of rotatable bonds is 4. The number of fused-ring (bicyclic) bond motifs is 1. The van der Waals surface area contributed by atoms with Crippen LogP contribution in [0.2, 0.25) is 0 Å². The van der Waals surface area contributed by atoms with E-state index in [-0.39, 0.29) is 23.2 Å². The Kier molecular flexibility index (Phi) is 5.56. The van der Waals surface area contributed by atoms with Crippen molar-refractivity contribution in [3.63, 3.8) is 0 Å². The predicted molar refractivity (Wildman–Crippen MR) is 114 cm³/mol. The van der Waals surface area contributed by atoms with E-state index in [2.05, 4.69) is 14.9 Å². The maximum Gasteiger partial charge on any atom is 0.332 e. The maximum atomic E-state index is 12.7. The van der Waals surface area contributed by atoms with Gasteiger partial charge in [0.1, 0.15) is 0 Å². The van der Waals surface area contributed by atoms with Crippen LogP contribution in [0.3, 0.4) is 0 Å². The van der Waals surface area contributed by atoms with Gasteiger partial charge < -0.3 is 20.5 Å². The number of imidazole rings is 1. The SMILES string of the molecule is Cn1c(=O)c2[nH]c(N3CCN(C(=O)CN4CCC(C(N)=O)CC4)CC3)nc2n(C)c1=O. The first-order valence-electron chi connectivity index (χ1n) is 10.5. The van der Waals surface area contributed by atoms with Gasteiger partial charge in [0.2, 0.25) is 17.8 Å². The van der Waals surface area contributed by atoms with Crippen LogP contribution in [-0.4, -0.2) is 86.5 Å². The molecule has 4 rings (SSSR count). The fourth-order valence-electron chi connectivity index (χ4n) is 4.30. The van der Waals surface area contributed by atoms with E-state index in [1.807, 2.05) is 9.80 Å². The van der Waals surface area contributed by atoms with Crippen LogP contribution in [-0.2, 0) is 23.7 Å². The predicted octanol–water partition coefficient (Wildman–Crippen LogP) is -2.19. The standard InChI is InChI=1S/C19H28N8O4/c1-23-16-14(17(30)24(2)19(23)31)21-18(22-16)27-9-7-26(8-10-27)13(28)11-25-5-3-12(4-6-25)15(20)29/h12H,3-11H2,1-2H3,(H2,20,29)(H,21,22). The van der Waals surface area contributed by atoms with Gasteiger partial charge in [-0.15, -0.1) is 0 Å². The normalized spacial score (nSPS) is 18.6. The number of aromatic amines is 1. The topological polar surface area (TPSA) is 143 Å². The van der Waals surface area contributed by atoms with Crippen molar-refractivity contribution in [1.82, 2.24) is 28.9 Å². The number of primary amides is 1. The molecule has 4 heterocycles. The number of piperidine rings is 1. The summed E-state index contributed by atoms with van der Waals surface area (Å²) in [6.45, 7) is 3.98. The lowest BCUT2D eigenvalue weighted by atomic mass is 9.96. The summed E-state index contributed by atoms with van der Waals surface area (Å²) in [5, 5.41) is 0. The number of carbonyl (C=O) groups excluding carboxylic acids is 2. The molecule has 0 saturated carbocycles. The van der Waals surface area contributed by atoms with Crippen LogP contribution in [0, 0.1) is 5.92 Å². The molecule has 3 N–H and O–H groups in total. The van der Waals surface area contributed by atoms with Crippen molar-refractivity contribution < 1.29 is 9.59 Å². The number of aryl methyl sites for hydroxylation is 1. The second-order valence-corrected chi connectivity index (χ2v) is 8.29. The molecule has 31 heavy (non-hydrogen) atoms. The highest BCUT2D eigenvalue weighted by atomic mass is 16.2. The Morgan fingerprint density at radius 3 is 2.29 bits per heavy atom. The van der Waals surface area contributed by atoms with Crippen molar-refractivity contribution in [2.45, 2.75) is 12.8 Å². The van der Waals surface area contributed by atoms with Gasteiger partial charge in [-0.3, -0.25) is 28.4 Å². The van der Waals surface area contributed by atoms with Gasteiger partial charge in [-0.05, 0) is 25.9 Å². The van der Waals surface area contributed by atoms with Crippen molar-refractivity contribution in [3.05, 3.63) is 20.8 Å². The van der Waals surface area contributed by atoms with Crippen LogP contribution in [0.4, 0.5) is 5.95 Å². The van der Waals surface area contributed by atoms with E-state index < -0.39 is 11.2 Å². The van der Waals surface area contributed by atoms with E-state index in [9.17, 15) is 19.2 Å². The van der Waals surface area contributed by atoms with Gasteiger partial charge in [0.05, 0.1) is 6.54 Å². The average Bonchev–Trinajstić information content (AvgIpc) is 3.22. The highest BCUT2D eigenvalue weighted by molar-refractivity contribution is 5.79. The Balaban J connectivity index is 1.37. The molecule has 12 heteroatoms. The van der Waals surface area contributed by atoms with Crippen LogP contribution in [0.15, 0.2) is 9.59 Å². The molecule has 0 aromatic carbocycles. The molecule has 2 aromatic heterocycles. The van der Waals surface area contributed by atoms with Crippen molar-refractivity contribution in [1.29, 1.82) is 0 Å². The summed E-state index contributed by atoms with van der Waals surface area (Å²) in [6, 6.07) is 0. The zero-order chi connectivity index (χ0) is 22.3. The number of carbonyl (C=O) groups is 2. The fourth-order valence-corrected chi connectivity index (χ4v) is 4.30. The Morgan fingerprint density at radius 1 is 1.03 bits per heavy atom. The highest BCUT2D eigenvalue weighted by Crippen LogP contribution is 2.18. The first-order valence-corrected chi connectivity index (χ1v) is 10.5. The molecule has 0 aliphatic carbocycles. The van der Waals surface area contributed by atoms with Crippen molar-refractivity contribution in [2.24, 2.45) is 25.7 Å². The molecule has 2 aliphatic rings. The highest BCUT2D eigenvalue weighted by Gasteiger charge is 2.28. The Morgan fingerprint density at radius 2 is 1.68 bits per heavy atom. The number of nitrogens with two attached hydrogens (primary N) is 1. The molecule has 2 fully saturated rings. The van der Waals surface area contributed by atoms with E-state index in [0.29, 0.717) is 70.3 Å². The molecule has 2 aliphatic heterocycles. The molecule has 0 spiro atoms. The third-order valence-corrected chi connectivity index (χ3v) is 6.36. The summed E-state index contributed by atoms with van der Waals surface area (Å²) in [7, 11) is 3.02. The van der Waals surface area contributed by atoms with E-state index >= 15 is 0 Å². The Labute approximate surface area is 178 Å². The minimum atomic E-state index is -0.425. The van der Waals surface area contributed by atoms with Crippen molar-refractivity contribution >= 4 is 28.9 Å². The monoisotopic (exact) mass is 432 g/mol. The largest absolute Gasteiger partial charge is 0.369 e. The molecule has 0 radical (unpaired) electrons. The van der Waals surface area contributed by atoms with Gasteiger partial charge in [0, 0.05) is 46.2 Å². The lowest BCUT2D eigenvalue weighted by Gasteiger charge is -2.36. The number of piperazine rings is 1. The van der Waals surface area contributed by atoms with Gasteiger partial charge in [0.15, 0.2) is 11.2 Å². The van der Waals surface area contributed by atoms with Crippen molar-refractivity contribution in [3.8, 4) is 0 Å². The summed E-state index contributed by atoms with van der Waals surface area (Å²) in [5.74, 6) is 0.243. The molecule has 0 atom stereocenters. The summed E-state index contributed by atoms with van der Waals surface area (Å²) < 4.78 is 2.39. The minimum absolute atomic E-state index is 0.0676. The number of anilines is 1. The summed E-state index contributed by atoms with van der Waals surface area (Å²) in [5.41, 5.74) is 5.14. The number of H-pyrrole nitrogens is 1. The minimum Gasteiger partial charge on any atom is -0.369 e. The first-order chi connectivity index (χ1) is 14.8.